The van der Waals surface area contributed by atoms with Gasteiger partial charge < -0.3 is 24.5 Å². The number of aromatic nitrogens is 2. The zero-order valence-electron chi connectivity index (χ0n) is 18.1. The fourth-order valence-electron chi connectivity index (χ4n) is 3.98. The molecule has 1 aromatic carbocycles. The van der Waals surface area contributed by atoms with E-state index in [0.29, 0.717) is 32.7 Å². The third kappa shape index (κ3) is 5.43. The first-order valence-electron chi connectivity index (χ1n) is 11.0. The van der Waals surface area contributed by atoms with Crippen molar-refractivity contribution in [2.75, 3.05) is 81.9 Å². The molecule has 1 aromatic heterocycles. The van der Waals surface area contributed by atoms with Gasteiger partial charge in [-0.3, -0.25) is 9.69 Å². The molecule has 9 nitrogen and oxygen atoms in total. The Bertz CT molecular complexity index is 883. The number of aliphatic hydroxyl groups is 1. The van der Waals surface area contributed by atoms with Gasteiger partial charge in [0.2, 0.25) is 0 Å². The van der Waals surface area contributed by atoms with Gasteiger partial charge in [0.05, 0.1) is 6.61 Å². The lowest BCUT2D eigenvalue weighted by molar-refractivity contribution is -0.133. The number of halogens is 1. The zero-order chi connectivity index (χ0) is 22.3. The van der Waals surface area contributed by atoms with Crippen LogP contribution in [0.15, 0.2) is 36.4 Å². The number of anilines is 2. The molecule has 2 aliphatic heterocycles. The number of hydrogen-bond acceptors (Lipinski definition) is 8. The summed E-state index contributed by atoms with van der Waals surface area (Å²) in [5.74, 6) is 1.11. The molecule has 0 aliphatic carbocycles. The van der Waals surface area contributed by atoms with E-state index in [4.69, 9.17) is 9.84 Å². The van der Waals surface area contributed by atoms with Crippen molar-refractivity contribution in [3.8, 4) is 5.75 Å². The standard InChI is InChI=1S/C22H29FN6O3/c23-18-3-1-2-4-19(18)32-17-22(31)29-13-11-28(12-14-29)21-6-5-20(24-25-21)27-9-7-26(8-10-27)15-16-30/h1-6,30H,7-17H2. The number of ether oxygens (including phenoxy) is 1. The number of rotatable bonds is 7. The van der Waals surface area contributed by atoms with E-state index in [1.807, 2.05) is 12.1 Å². The fourth-order valence-corrected chi connectivity index (χ4v) is 3.98. The van der Waals surface area contributed by atoms with Crippen LogP contribution in [0.3, 0.4) is 0 Å². The highest BCUT2D eigenvalue weighted by molar-refractivity contribution is 5.78. The third-order valence-electron chi connectivity index (χ3n) is 5.89. The topological polar surface area (TPSA) is 85.3 Å². The number of amides is 1. The average Bonchev–Trinajstić information content (AvgIpc) is 2.84. The van der Waals surface area contributed by atoms with Crippen LogP contribution in [0.2, 0.25) is 0 Å². The lowest BCUT2D eigenvalue weighted by Crippen LogP contribution is -2.50. The number of benzene rings is 1. The fraction of sp³-hybridized carbons (Fsp3) is 0.500. The van der Waals surface area contributed by atoms with Crippen molar-refractivity contribution in [2.45, 2.75) is 0 Å². The van der Waals surface area contributed by atoms with Crippen molar-refractivity contribution in [1.82, 2.24) is 20.0 Å². The number of carbonyl (C=O) groups excluding carboxylic acids is 1. The Labute approximate surface area is 187 Å². The number of β-amino-alcohol motifs (C(OH)–C–C–N with tert-alkyl or cyclic N) is 1. The van der Waals surface area contributed by atoms with E-state index in [1.165, 1.54) is 12.1 Å². The van der Waals surface area contributed by atoms with E-state index in [0.717, 1.165) is 37.8 Å². The Morgan fingerprint density at radius 2 is 1.50 bits per heavy atom. The van der Waals surface area contributed by atoms with Crippen molar-refractivity contribution in [3.05, 3.63) is 42.2 Å². The van der Waals surface area contributed by atoms with Crippen molar-refractivity contribution in [3.63, 3.8) is 0 Å². The minimum atomic E-state index is -0.473. The molecule has 0 unspecified atom stereocenters. The summed E-state index contributed by atoms with van der Waals surface area (Å²) in [4.78, 5) is 20.7. The van der Waals surface area contributed by atoms with Crippen LogP contribution in [0.4, 0.5) is 16.0 Å². The second kappa shape index (κ2) is 10.6. The normalized spacial score (nSPS) is 17.5. The third-order valence-corrected chi connectivity index (χ3v) is 5.89. The molecule has 3 heterocycles. The Hall–Kier alpha value is -2.98. The van der Waals surface area contributed by atoms with Gasteiger partial charge in [0, 0.05) is 58.9 Å². The Morgan fingerprint density at radius 3 is 2.06 bits per heavy atom. The van der Waals surface area contributed by atoms with Crippen LogP contribution in [-0.4, -0.2) is 103 Å². The lowest BCUT2D eigenvalue weighted by Gasteiger charge is -2.36. The highest BCUT2D eigenvalue weighted by atomic mass is 19.1. The predicted molar refractivity (Wildman–Crippen MR) is 118 cm³/mol. The van der Waals surface area contributed by atoms with Crippen LogP contribution in [0.25, 0.3) is 0 Å². The maximum Gasteiger partial charge on any atom is 0.260 e. The molecule has 10 heteroatoms. The van der Waals surface area contributed by atoms with Crippen LogP contribution in [0, 0.1) is 5.82 Å². The van der Waals surface area contributed by atoms with Crippen molar-refractivity contribution in [1.29, 1.82) is 0 Å². The van der Waals surface area contributed by atoms with Gasteiger partial charge in [-0.2, -0.15) is 0 Å². The van der Waals surface area contributed by atoms with E-state index in [1.54, 1.807) is 17.0 Å². The molecule has 2 aromatic rings. The van der Waals surface area contributed by atoms with E-state index in [-0.39, 0.29) is 24.9 Å². The van der Waals surface area contributed by atoms with E-state index in [2.05, 4.69) is 24.9 Å². The minimum Gasteiger partial charge on any atom is -0.481 e. The first-order chi connectivity index (χ1) is 15.6. The van der Waals surface area contributed by atoms with E-state index in [9.17, 15) is 9.18 Å². The van der Waals surface area contributed by atoms with Gasteiger partial charge in [0.1, 0.15) is 0 Å². The molecule has 0 radical (unpaired) electrons. The summed E-state index contributed by atoms with van der Waals surface area (Å²) in [5, 5.41) is 17.9. The molecule has 0 atom stereocenters. The summed E-state index contributed by atoms with van der Waals surface area (Å²) in [5.41, 5.74) is 0. The smallest absolute Gasteiger partial charge is 0.260 e. The van der Waals surface area contributed by atoms with Gasteiger partial charge >= 0.3 is 0 Å². The summed E-state index contributed by atoms with van der Waals surface area (Å²) in [6, 6.07) is 10.0. The Morgan fingerprint density at radius 1 is 0.906 bits per heavy atom. The number of piperazine rings is 2. The highest BCUT2D eigenvalue weighted by Crippen LogP contribution is 2.19. The molecule has 32 heavy (non-hydrogen) atoms. The van der Waals surface area contributed by atoms with Gasteiger partial charge in [-0.1, -0.05) is 12.1 Å². The summed E-state index contributed by atoms with van der Waals surface area (Å²) >= 11 is 0. The van der Waals surface area contributed by atoms with Crippen molar-refractivity contribution in [2.24, 2.45) is 0 Å². The number of para-hydroxylation sites is 1. The molecule has 1 N–H and O–H groups in total. The van der Waals surface area contributed by atoms with Gasteiger partial charge in [-0.15, -0.1) is 10.2 Å². The second-order valence-electron chi connectivity index (χ2n) is 7.89. The monoisotopic (exact) mass is 444 g/mol. The Kier molecular flexibility index (Phi) is 7.33. The number of nitrogens with zero attached hydrogens (tertiary/aromatic N) is 6. The molecule has 4 rings (SSSR count). The average molecular weight is 445 g/mol. The molecular weight excluding hydrogens is 415 g/mol. The summed E-state index contributed by atoms with van der Waals surface area (Å²) < 4.78 is 19.0. The number of aliphatic hydroxyl groups excluding tert-OH is 1. The lowest BCUT2D eigenvalue weighted by atomic mass is 10.3. The molecule has 0 bridgehead atoms. The van der Waals surface area contributed by atoms with Crippen LogP contribution in [-0.2, 0) is 4.79 Å². The van der Waals surface area contributed by atoms with Crippen molar-refractivity contribution >= 4 is 17.5 Å². The number of hydrogen-bond donors (Lipinski definition) is 1. The van der Waals surface area contributed by atoms with E-state index >= 15 is 0 Å². The molecule has 0 spiro atoms. The van der Waals surface area contributed by atoms with Crippen LogP contribution in [0.1, 0.15) is 0 Å². The summed E-state index contributed by atoms with van der Waals surface area (Å²) in [7, 11) is 0. The molecule has 1 amide bonds. The molecule has 0 saturated carbocycles. The molecule has 2 fully saturated rings. The Balaban J connectivity index is 1.23. The quantitative estimate of drug-likeness (QED) is 0.659. The minimum absolute atomic E-state index is 0.0876. The van der Waals surface area contributed by atoms with Crippen LogP contribution in [0.5, 0.6) is 5.75 Å². The molecule has 2 aliphatic rings. The van der Waals surface area contributed by atoms with Gasteiger partial charge in [0.15, 0.2) is 29.8 Å². The first kappa shape index (κ1) is 22.2. The molecule has 2 saturated heterocycles. The largest absolute Gasteiger partial charge is 0.481 e. The first-order valence-corrected chi connectivity index (χ1v) is 11.0. The highest BCUT2D eigenvalue weighted by Gasteiger charge is 2.23. The van der Waals surface area contributed by atoms with Crippen LogP contribution >= 0.6 is 0 Å². The maximum absolute atomic E-state index is 13.6. The van der Waals surface area contributed by atoms with Gasteiger partial charge in [-0.25, -0.2) is 4.39 Å². The second-order valence-corrected chi connectivity index (χ2v) is 7.89. The van der Waals surface area contributed by atoms with E-state index < -0.39 is 5.82 Å². The maximum atomic E-state index is 13.6. The van der Waals surface area contributed by atoms with Gasteiger partial charge in [-0.05, 0) is 24.3 Å². The molecule has 172 valence electrons. The summed E-state index contributed by atoms with van der Waals surface area (Å²) in [6.07, 6.45) is 0. The zero-order valence-corrected chi connectivity index (χ0v) is 18.1. The predicted octanol–water partition coefficient (Wildman–Crippen LogP) is 0.458. The number of carbonyl (C=O) groups is 1. The molecular formula is C22H29FN6O3. The SMILES string of the molecule is O=C(COc1ccccc1F)N1CCN(c2ccc(N3CCN(CCO)CC3)nn2)CC1. The van der Waals surface area contributed by atoms with Crippen LogP contribution < -0.4 is 14.5 Å². The summed E-state index contributed by atoms with van der Waals surface area (Å²) in [6.45, 7) is 6.66. The van der Waals surface area contributed by atoms with Gasteiger partial charge in [0.25, 0.3) is 5.91 Å². The van der Waals surface area contributed by atoms with Crippen molar-refractivity contribution < 1.29 is 19.0 Å².